The number of hydrogen-bond acceptors (Lipinski definition) is 6. The first-order valence-corrected chi connectivity index (χ1v) is 7.12. The van der Waals surface area contributed by atoms with Gasteiger partial charge in [-0.2, -0.15) is 10.6 Å². The quantitative estimate of drug-likeness (QED) is 0.498. The number of carboxylic acid groups (broad SMARTS) is 1. The molecule has 0 spiro atoms. The monoisotopic (exact) mass is 334 g/mol. The van der Waals surface area contributed by atoms with Gasteiger partial charge in [0.25, 0.3) is 5.91 Å². The standard InChI is InChI=1S/C15H18N4O5/c1-9(13(21)22)19(8-20)11-7-5-4-6-10(11)12-15(2,17-24)14(23)18(3)16-12/h4-9,17,24H,1-3H3,(H,21,22). The van der Waals surface area contributed by atoms with Crippen LogP contribution in [0.5, 0.6) is 0 Å². The largest absolute Gasteiger partial charge is 0.480 e. The van der Waals surface area contributed by atoms with Gasteiger partial charge in [-0.05, 0) is 19.9 Å². The number of anilines is 1. The minimum atomic E-state index is -1.51. The highest BCUT2D eigenvalue weighted by Crippen LogP contribution is 2.30. The maximum atomic E-state index is 12.2. The van der Waals surface area contributed by atoms with E-state index in [4.69, 9.17) is 0 Å². The van der Waals surface area contributed by atoms with Crippen LogP contribution in [0.4, 0.5) is 5.69 Å². The summed E-state index contributed by atoms with van der Waals surface area (Å²) in [6.07, 6.45) is 0.405. The van der Waals surface area contributed by atoms with E-state index in [2.05, 4.69) is 5.10 Å². The maximum Gasteiger partial charge on any atom is 0.326 e. The number of carbonyl (C=O) groups is 3. The molecule has 128 valence electrons. The van der Waals surface area contributed by atoms with E-state index in [9.17, 15) is 24.7 Å². The molecule has 2 amide bonds. The predicted octanol–water partition coefficient (Wildman–Crippen LogP) is 0.0361. The second-order valence-corrected chi connectivity index (χ2v) is 5.56. The summed E-state index contributed by atoms with van der Waals surface area (Å²) in [4.78, 5) is 36.0. The molecule has 0 aromatic heterocycles. The Balaban J connectivity index is 2.61. The molecule has 2 unspecified atom stereocenters. The number of carboxylic acids is 1. The molecule has 1 aliphatic rings. The molecule has 2 atom stereocenters. The third kappa shape index (κ3) is 2.63. The summed E-state index contributed by atoms with van der Waals surface area (Å²) in [6, 6.07) is 5.32. The van der Waals surface area contributed by atoms with Crippen molar-refractivity contribution in [2.45, 2.75) is 25.4 Å². The number of aliphatic carboxylic acids is 1. The molecule has 9 nitrogen and oxygen atoms in total. The number of hydrazone groups is 1. The highest BCUT2D eigenvalue weighted by Gasteiger charge is 2.47. The van der Waals surface area contributed by atoms with Crippen LogP contribution in [0.2, 0.25) is 0 Å². The Morgan fingerprint density at radius 3 is 2.62 bits per heavy atom. The molecule has 1 heterocycles. The van der Waals surface area contributed by atoms with Gasteiger partial charge in [0.1, 0.15) is 11.8 Å². The van der Waals surface area contributed by atoms with Gasteiger partial charge in [-0.1, -0.05) is 18.2 Å². The molecule has 1 aromatic rings. The van der Waals surface area contributed by atoms with E-state index in [0.717, 1.165) is 9.91 Å². The number of amides is 2. The van der Waals surface area contributed by atoms with Crippen molar-refractivity contribution < 1.29 is 24.7 Å². The number of likely N-dealkylation sites (N-methyl/N-ethyl adjacent to an activating group) is 1. The van der Waals surface area contributed by atoms with E-state index in [1.165, 1.54) is 20.9 Å². The molecule has 0 bridgehead atoms. The number of para-hydroxylation sites is 1. The third-order valence-corrected chi connectivity index (χ3v) is 3.99. The number of benzene rings is 1. The van der Waals surface area contributed by atoms with Crippen LogP contribution in [0.3, 0.4) is 0 Å². The van der Waals surface area contributed by atoms with Crippen molar-refractivity contribution in [1.82, 2.24) is 10.5 Å². The van der Waals surface area contributed by atoms with Crippen molar-refractivity contribution >= 4 is 29.7 Å². The Morgan fingerprint density at radius 1 is 1.46 bits per heavy atom. The van der Waals surface area contributed by atoms with Gasteiger partial charge >= 0.3 is 5.97 Å². The summed E-state index contributed by atoms with van der Waals surface area (Å²) in [6.45, 7) is 2.81. The molecular formula is C15H18N4O5. The van der Waals surface area contributed by atoms with Crippen LogP contribution in [-0.2, 0) is 14.4 Å². The van der Waals surface area contributed by atoms with Gasteiger partial charge in [0.2, 0.25) is 6.41 Å². The summed E-state index contributed by atoms with van der Waals surface area (Å²) in [7, 11) is 1.44. The lowest BCUT2D eigenvalue weighted by molar-refractivity contribution is -0.139. The van der Waals surface area contributed by atoms with Gasteiger partial charge in [0.15, 0.2) is 5.54 Å². The van der Waals surface area contributed by atoms with Gasteiger partial charge in [-0.25, -0.2) is 9.80 Å². The van der Waals surface area contributed by atoms with E-state index in [-0.39, 0.29) is 11.4 Å². The van der Waals surface area contributed by atoms with E-state index in [1.54, 1.807) is 24.3 Å². The molecule has 0 aliphatic carbocycles. The van der Waals surface area contributed by atoms with Crippen LogP contribution >= 0.6 is 0 Å². The molecule has 0 fully saturated rings. The number of nitrogens with zero attached hydrogens (tertiary/aromatic N) is 3. The Labute approximate surface area is 138 Å². The Bertz CT molecular complexity index is 720. The second kappa shape index (κ2) is 6.38. The molecule has 1 aromatic carbocycles. The SMILES string of the molecule is CC(C(=O)O)N(C=O)c1ccccc1C1=NN(C)C(=O)C1(C)NO. The van der Waals surface area contributed by atoms with E-state index >= 15 is 0 Å². The smallest absolute Gasteiger partial charge is 0.326 e. The molecule has 2 rings (SSSR count). The van der Waals surface area contributed by atoms with Crippen LogP contribution in [0, 0.1) is 0 Å². The number of hydrogen-bond donors (Lipinski definition) is 3. The molecule has 24 heavy (non-hydrogen) atoms. The summed E-state index contributed by atoms with van der Waals surface area (Å²) >= 11 is 0. The summed E-state index contributed by atoms with van der Waals surface area (Å²) < 4.78 is 0. The maximum absolute atomic E-state index is 12.2. The fourth-order valence-electron chi connectivity index (χ4n) is 2.52. The first kappa shape index (κ1) is 17.6. The molecule has 0 radical (unpaired) electrons. The first-order valence-electron chi connectivity index (χ1n) is 7.12. The van der Waals surface area contributed by atoms with Crippen LogP contribution in [-0.4, -0.2) is 57.9 Å². The van der Waals surface area contributed by atoms with Gasteiger partial charge < -0.3 is 15.2 Å². The Hall–Kier alpha value is -2.78. The van der Waals surface area contributed by atoms with Gasteiger partial charge in [0, 0.05) is 12.6 Å². The van der Waals surface area contributed by atoms with Crippen molar-refractivity contribution in [2.75, 3.05) is 11.9 Å². The van der Waals surface area contributed by atoms with Crippen molar-refractivity contribution in [2.24, 2.45) is 5.10 Å². The number of nitrogens with one attached hydrogen (secondary N) is 1. The summed E-state index contributed by atoms with van der Waals surface area (Å²) in [5.41, 5.74) is 1.26. The van der Waals surface area contributed by atoms with E-state index < -0.39 is 23.5 Å². The second-order valence-electron chi connectivity index (χ2n) is 5.56. The summed E-state index contributed by atoms with van der Waals surface area (Å²) in [5, 5.41) is 23.9. The van der Waals surface area contributed by atoms with Crippen LogP contribution in [0.15, 0.2) is 29.4 Å². The van der Waals surface area contributed by atoms with Crippen molar-refractivity contribution in [3.8, 4) is 0 Å². The number of carbonyl (C=O) groups excluding carboxylic acids is 2. The minimum absolute atomic E-state index is 0.178. The highest BCUT2D eigenvalue weighted by atomic mass is 16.5. The van der Waals surface area contributed by atoms with Crippen molar-refractivity contribution in [1.29, 1.82) is 0 Å². The molecule has 3 N–H and O–H groups in total. The fraction of sp³-hybridized carbons (Fsp3) is 0.333. The number of rotatable bonds is 6. The molecule has 1 aliphatic heterocycles. The fourth-order valence-corrected chi connectivity index (χ4v) is 2.52. The topological polar surface area (TPSA) is 123 Å². The lowest BCUT2D eigenvalue weighted by atomic mass is 9.90. The van der Waals surface area contributed by atoms with Gasteiger partial charge in [-0.3, -0.25) is 9.59 Å². The van der Waals surface area contributed by atoms with Crippen LogP contribution < -0.4 is 10.4 Å². The Kier molecular flexibility index (Phi) is 4.67. The van der Waals surface area contributed by atoms with E-state index in [0.29, 0.717) is 12.0 Å². The zero-order valence-corrected chi connectivity index (χ0v) is 13.4. The first-order chi connectivity index (χ1) is 11.3. The highest BCUT2D eigenvalue weighted by molar-refractivity contribution is 6.25. The zero-order chi connectivity index (χ0) is 18.1. The van der Waals surface area contributed by atoms with Gasteiger partial charge in [-0.15, -0.1) is 0 Å². The molecule has 0 saturated carbocycles. The lowest BCUT2D eigenvalue weighted by Crippen LogP contribution is -2.54. The van der Waals surface area contributed by atoms with Crippen LogP contribution in [0.1, 0.15) is 19.4 Å². The summed E-state index contributed by atoms with van der Waals surface area (Å²) in [5.74, 6) is -1.67. The van der Waals surface area contributed by atoms with Crippen LogP contribution in [0.25, 0.3) is 0 Å². The number of hydroxylamine groups is 1. The minimum Gasteiger partial charge on any atom is -0.480 e. The zero-order valence-electron chi connectivity index (χ0n) is 13.4. The Morgan fingerprint density at radius 2 is 2.08 bits per heavy atom. The average Bonchev–Trinajstić information content (AvgIpc) is 2.80. The molecule has 0 saturated heterocycles. The molecule has 9 heteroatoms. The predicted molar refractivity (Wildman–Crippen MR) is 84.7 cm³/mol. The van der Waals surface area contributed by atoms with Gasteiger partial charge in [0.05, 0.1) is 5.69 Å². The third-order valence-electron chi connectivity index (χ3n) is 3.99. The average molecular weight is 334 g/mol. The molecular weight excluding hydrogens is 316 g/mol. The van der Waals surface area contributed by atoms with Crippen molar-refractivity contribution in [3.05, 3.63) is 29.8 Å². The lowest BCUT2D eigenvalue weighted by Gasteiger charge is -2.27. The van der Waals surface area contributed by atoms with E-state index in [1.807, 2.05) is 5.48 Å². The normalized spacial score (nSPS) is 21.4. The van der Waals surface area contributed by atoms with Crippen molar-refractivity contribution in [3.63, 3.8) is 0 Å².